The number of aromatic nitrogens is 2. The highest BCUT2D eigenvalue weighted by Gasteiger charge is 2.24. The third kappa shape index (κ3) is 1.72. The number of H-pyrrole nitrogens is 1. The lowest BCUT2D eigenvalue weighted by Gasteiger charge is -2.26. The SMILES string of the molecule is Cc1c(C(=O)NC2COC2)sc2nc[nH]c(=O)c12. The van der Waals surface area contributed by atoms with Crippen LogP contribution in [0.5, 0.6) is 0 Å². The van der Waals surface area contributed by atoms with Gasteiger partial charge in [0.1, 0.15) is 4.83 Å². The summed E-state index contributed by atoms with van der Waals surface area (Å²) < 4.78 is 5.00. The molecule has 1 aliphatic rings. The van der Waals surface area contributed by atoms with Gasteiger partial charge in [0.25, 0.3) is 11.5 Å². The van der Waals surface area contributed by atoms with E-state index in [1.165, 1.54) is 17.7 Å². The lowest BCUT2D eigenvalue weighted by molar-refractivity contribution is -0.00339. The van der Waals surface area contributed by atoms with Gasteiger partial charge in [-0.15, -0.1) is 11.3 Å². The molecule has 2 aromatic heterocycles. The van der Waals surface area contributed by atoms with Gasteiger partial charge in [0.05, 0.1) is 35.8 Å². The molecule has 94 valence electrons. The maximum absolute atomic E-state index is 12.1. The molecule has 3 rings (SSSR count). The summed E-state index contributed by atoms with van der Waals surface area (Å²) in [4.78, 5) is 31.5. The molecule has 7 heteroatoms. The first-order valence-electron chi connectivity index (χ1n) is 5.52. The molecule has 3 heterocycles. The topological polar surface area (TPSA) is 84.1 Å². The number of carbonyl (C=O) groups is 1. The number of thiophene rings is 1. The summed E-state index contributed by atoms with van der Waals surface area (Å²) in [5.74, 6) is -0.164. The van der Waals surface area contributed by atoms with Crippen LogP contribution in [0.4, 0.5) is 0 Å². The monoisotopic (exact) mass is 265 g/mol. The van der Waals surface area contributed by atoms with Gasteiger partial charge >= 0.3 is 0 Å². The molecule has 0 spiro atoms. The number of rotatable bonds is 2. The standard InChI is InChI=1S/C11H11N3O3S/c1-5-7-9(15)12-4-13-11(7)18-8(5)10(16)14-6-2-17-3-6/h4,6H,2-3H2,1H3,(H,14,16)(H,12,13,15). The number of carbonyl (C=O) groups excluding carboxylic acids is 1. The molecule has 0 bridgehead atoms. The molecule has 1 saturated heterocycles. The Kier molecular flexibility index (Phi) is 2.64. The van der Waals surface area contributed by atoms with E-state index in [4.69, 9.17) is 4.74 Å². The van der Waals surface area contributed by atoms with Gasteiger partial charge in [-0.2, -0.15) is 0 Å². The molecule has 0 radical (unpaired) electrons. The van der Waals surface area contributed by atoms with Crippen LogP contribution >= 0.6 is 11.3 Å². The molecule has 0 saturated carbocycles. The van der Waals surface area contributed by atoms with Crippen LogP contribution in [0, 0.1) is 6.92 Å². The smallest absolute Gasteiger partial charge is 0.262 e. The van der Waals surface area contributed by atoms with Crippen LogP contribution in [-0.4, -0.2) is 35.1 Å². The van der Waals surface area contributed by atoms with Gasteiger partial charge < -0.3 is 15.0 Å². The number of hydrogen-bond donors (Lipinski definition) is 2. The van der Waals surface area contributed by atoms with Crippen molar-refractivity contribution in [3.63, 3.8) is 0 Å². The zero-order valence-electron chi connectivity index (χ0n) is 9.65. The molecule has 0 unspecified atom stereocenters. The van der Waals surface area contributed by atoms with Gasteiger partial charge in [-0.3, -0.25) is 9.59 Å². The zero-order valence-corrected chi connectivity index (χ0v) is 10.5. The predicted molar refractivity (Wildman–Crippen MR) is 67.1 cm³/mol. The summed E-state index contributed by atoms with van der Waals surface area (Å²) in [6.07, 6.45) is 1.35. The minimum atomic E-state index is -0.209. The van der Waals surface area contributed by atoms with E-state index in [-0.39, 0.29) is 17.5 Å². The third-order valence-electron chi connectivity index (χ3n) is 2.91. The number of aromatic amines is 1. The van der Waals surface area contributed by atoms with E-state index < -0.39 is 0 Å². The quantitative estimate of drug-likeness (QED) is 0.824. The maximum Gasteiger partial charge on any atom is 0.262 e. The Bertz CT molecular complexity index is 672. The van der Waals surface area contributed by atoms with Gasteiger partial charge in [0.15, 0.2) is 0 Å². The van der Waals surface area contributed by atoms with Gasteiger partial charge in [-0.1, -0.05) is 0 Å². The van der Waals surface area contributed by atoms with Crippen LogP contribution in [0.15, 0.2) is 11.1 Å². The van der Waals surface area contributed by atoms with Crippen molar-refractivity contribution < 1.29 is 9.53 Å². The molecule has 2 N–H and O–H groups in total. The van der Waals surface area contributed by atoms with Crippen molar-refractivity contribution in [2.24, 2.45) is 0 Å². The van der Waals surface area contributed by atoms with E-state index in [0.29, 0.717) is 33.9 Å². The average Bonchev–Trinajstić information content (AvgIpc) is 2.63. The van der Waals surface area contributed by atoms with E-state index in [0.717, 1.165) is 0 Å². The highest BCUT2D eigenvalue weighted by Crippen LogP contribution is 2.26. The first kappa shape index (κ1) is 11.4. The number of ether oxygens (including phenoxy) is 1. The lowest BCUT2D eigenvalue weighted by Crippen LogP contribution is -2.48. The summed E-state index contributed by atoms with van der Waals surface area (Å²) >= 11 is 1.24. The molecule has 2 aromatic rings. The molecule has 6 nitrogen and oxygen atoms in total. The normalized spacial score (nSPS) is 15.6. The van der Waals surface area contributed by atoms with Crippen molar-refractivity contribution in [1.82, 2.24) is 15.3 Å². The number of fused-ring (bicyclic) bond motifs is 1. The van der Waals surface area contributed by atoms with Crippen LogP contribution in [0.25, 0.3) is 10.2 Å². The Morgan fingerprint density at radius 1 is 1.61 bits per heavy atom. The van der Waals surface area contributed by atoms with Crippen molar-refractivity contribution in [3.8, 4) is 0 Å². The highest BCUT2D eigenvalue weighted by atomic mass is 32.1. The van der Waals surface area contributed by atoms with Crippen molar-refractivity contribution in [2.45, 2.75) is 13.0 Å². The van der Waals surface area contributed by atoms with Crippen molar-refractivity contribution in [3.05, 3.63) is 27.1 Å². The molecule has 0 atom stereocenters. The molecule has 1 aliphatic heterocycles. The second-order valence-electron chi connectivity index (χ2n) is 4.18. The molecule has 1 fully saturated rings. The lowest BCUT2D eigenvalue weighted by atomic mass is 10.2. The molecule has 0 aromatic carbocycles. The second-order valence-corrected chi connectivity index (χ2v) is 5.17. The van der Waals surface area contributed by atoms with Crippen LogP contribution in [0.2, 0.25) is 0 Å². The fourth-order valence-corrected chi connectivity index (χ4v) is 2.92. The van der Waals surface area contributed by atoms with Crippen LogP contribution in [0.3, 0.4) is 0 Å². The maximum atomic E-state index is 12.1. The molecular weight excluding hydrogens is 254 g/mol. The summed E-state index contributed by atoms with van der Waals surface area (Å²) in [7, 11) is 0. The second kappa shape index (κ2) is 4.18. The molecule has 0 aliphatic carbocycles. The summed E-state index contributed by atoms with van der Waals surface area (Å²) in [5.41, 5.74) is 0.474. The first-order chi connectivity index (χ1) is 8.66. The van der Waals surface area contributed by atoms with Crippen molar-refractivity contribution in [2.75, 3.05) is 13.2 Å². The molecule has 1 amide bonds. The average molecular weight is 265 g/mol. The van der Waals surface area contributed by atoms with E-state index >= 15 is 0 Å². The molecular formula is C11H11N3O3S. The van der Waals surface area contributed by atoms with Gasteiger partial charge in [-0.05, 0) is 12.5 Å². The van der Waals surface area contributed by atoms with Gasteiger partial charge in [0, 0.05) is 0 Å². The first-order valence-corrected chi connectivity index (χ1v) is 6.34. The van der Waals surface area contributed by atoms with Crippen molar-refractivity contribution >= 4 is 27.5 Å². The van der Waals surface area contributed by atoms with Crippen LogP contribution in [0.1, 0.15) is 15.2 Å². The minimum absolute atomic E-state index is 0.0772. The highest BCUT2D eigenvalue weighted by molar-refractivity contribution is 7.20. The van der Waals surface area contributed by atoms with E-state index in [1.54, 1.807) is 6.92 Å². The third-order valence-corrected chi connectivity index (χ3v) is 4.11. The van der Waals surface area contributed by atoms with Gasteiger partial charge in [-0.25, -0.2) is 4.98 Å². The zero-order chi connectivity index (χ0) is 12.7. The summed E-state index contributed by atoms with van der Waals surface area (Å²) in [5, 5.41) is 3.36. The Hall–Kier alpha value is -1.73. The Morgan fingerprint density at radius 3 is 3.00 bits per heavy atom. The van der Waals surface area contributed by atoms with Crippen molar-refractivity contribution in [1.29, 1.82) is 0 Å². The van der Waals surface area contributed by atoms with Crippen LogP contribution in [-0.2, 0) is 4.74 Å². The predicted octanol–water partition coefficient (Wildman–Crippen LogP) is 0.422. The fraction of sp³-hybridized carbons (Fsp3) is 0.364. The van der Waals surface area contributed by atoms with Crippen LogP contribution < -0.4 is 10.9 Å². The summed E-state index contributed by atoms with van der Waals surface area (Å²) in [6, 6.07) is 0.0772. The van der Waals surface area contributed by atoms with E-state index in [9.17, 15) is 9.59 Å². The summed E-state index contributed by atoms with van der Waals surface area (Å²) in [6.45, 7) is 2.87. The number of hydrogen-bond acceptors (Lipinski definition) is 5. The number of nitrogens with zero attached hydrogens (tertiary/aromatic N) is 1. The largest absolute Gasteiger partial charge is 0.377 e. The molecule has 18 heavy (non-hydrogen) atoms. The minimum Gasteiger partial charge on any atom is -0.377 e. The van der Waals surface area contributed by atoms with Gasteiger partial charge in [0.2, 0.25) is 0 Å². The fourth-order valence-electron chi connectivity index (χ4n) is 1.86. The van der Waals surface area contributed by atoms with E-state index in [1.807, 2.05) is 0 Å². The Labute approximate surface area is 106 Å². The Balaban J connectivity index is 2.01. The number of aryl methyl sites for hydroxylation is 1. The van der Waals surface area contributed by atoms with E-state index in [2.05, 4.69) is 15.3 Å². The number of nitrogens with one attached hydrogen (secondary N) is 2. The number of amides is 1. The Morgan fingerprint density at radius 2 is 2.39 bits per heavy atom.